The summed E-state index contributed by atoms with van der Waals surface area (Å²) in [6.07, 6.45) is 0. The Balaban J connectivity index is 0.00000220. The molecule has 0 atom stereocenters. The molecule has 0 fully saturated rings. The number of methoxy groups -OCH3 is 1. The number of nitrogens with zero attached hydrogens (tertiary/aromatic N) is 3. The van der Waals surface area contributed by atoms with E-state index in [-0.39, 0.29) is 24.0 Å². The summed E-state index contributed by atoms with van der Waals surface area (Å²) in [5.41, 5.74) is 2.14. The van der Waals surface area contributed by atoms with E-state index < -0.39 is 0 Å². The van der Waals surface area contributed by atoms with Crippen molar-refractivity contribution < 1.29 is 4.74 Å². The Bertz CT molecular complexity index is 596. The summed E-state index contributed by atoms with van der Waals surface area (Å²) in [6.45, 7) is 1.99. The van der Waals surface area contributed by atoms with Crippen molar-refractivity contribution in [2.24, 2.45) is 12.0 Å². The van der Waals surface area contributed by atoms with Crippen molar-refractivity contribution in [3.05, 3.63) is 30.1 Å². The molecule has 0 aliphatic rings. The largest absolute Gasteiger partial charge is 0.383 e. The Hall–Kier alpha value is -1.35. The van der Waals surface area contributed by atoms with Crippen LogP contribution >= 0.6 is 24.0 Å². The van der Waals surface area contributed by atoms with Crippen molar-refractivity contribution in [1.29, 1.82) is 0 Å². The number of guanidine groups is 1. The summed E-state index contributed by atoms with van der Waals surface area (Å²) >= 11 is 0. The molecule has 0 saturated heterocycles. The van der Waals surface area contributed by atoms with Crippen LogP contribution in [-0.4, -0.2) is 42.8 Å². The van der Waals surface area contributed by atoms with Gasteiger partial charge < -0.3 is 19.9 Å². The molecular formula is C14H22IN5O. The maximum atomic E-state index is 5.00. The highest BCUT2D eigenvalue weighted by Gasteiger charge is 2.07. The van der Waals surface area contributed by atoms with Crippen molar-refractivity contribution in [2.75, 3.05) is 27.3 Å². The molecule has 1 aromatic carbocycles. The molecule has 1 aromatic heterocycles. The van der Waals surface area contributed by atoms with Crippen molar-refractivity contribution >= 4 is 41.0 Å². The Kier molecular flexibility index (Phi) is 7.44. The lowest BCUT2D eigenvalue weighted by molar-refractivity contribution is 0.203. The second-order valence-electron chi connectivity index (χ2n) is 4.42. The van der Waals surface area contributed by atoms with Gasteiger partial charge in [0, 0.05) is 27.7 Å². The first-order valence-electron chi connectivity index (χ1n) is 6.60. The average Bonchev–Trinajstić information content (AvgIpc) is 2.80. The molecule has 0 unspecified atom stereocenters. The van der Waals surface area contributed by atoms with Crippen molar-refractivity contribution in [2.45, 2.75) is 6.54 Å². The molecule has 6 nitrogen and oxygen atoms in total. The van der Waals surface area contributed by atoms with Gasteiger partial charge in [0.2, 0.25) is 0 Å². The smallest absolute Gasteiger partial charge is 0.191 e. The highest BCUT2D eigenvalue weighted by Crippen LogP contribution is 2.13. The van der Waals surface area contributed by atoms with Crippen LogP contribution in [0.5, 0.6) is 0 Å². The number of aryl methyl sites for hydroxylation is 1. The summed E-state index contributed by atoms with van der Waals surface area (Å²) in [4.78, 5) is 8.77. The van der Waals surface area contributed by atoms with Crippen LogP contribution in [0.15, 0.2) is 29.3 Å². The van der Waals surface area contributed by atoms with E-state index in [1.165, 1.54) is 0 Å². The summed E-state index contributed by atoms with van der Waals surface area (Å²) in [5.74, 6) is 1.72. The van der Waals surface area contributed by atoms with Crippen LogP contribution < -0.4 is 10.6 Å². The molecule has 0 radical (unpaired) electrons. The first-order valence-corrected chi connectivity index (χ1v) is 6.60. The van der Waals surface area contributed by atoms with Gasteiger partial charge in [-0.3, -0.25) is 4.99 Å². The molecule has 0 bridgehead atoms. The van der Waals surface area contributed by atoms with Crippen LogP contribution in [-0.2, 0) is 18.3 Å². The molecule has 7 heteroatoms. The normalized spacial score (nSPS) is 11.3. The number of fused-ring (bicyclic) bond motifs is 1. The zero-order valence-electron chi connectivity index (χ0n) is 12.6. The first-order chi connectivity index (χ1) is 9.76. The minimum atomic E-state index is 0. The van der Waals surface area contributed by atoms with E-state index in [0.29, 0.717) is 13.2 Å². The maximum absolute atomic E-state index is 5.00. The van der Waals surface area contributed by atoms with Gasteiger partial charge in [-0.1, -0.05) is 12.1 Å². The third-order valence-electron chi connectivity index (χ3n) is 3.12. The number of para-hydroxylation sites is 2. The van der Waals surface area contributed by atoms with Crippen molar-refractivity contribution in [1.82, 2.24) is 20.2 Å². The number of hydrogen-bond acceptors (Lipinski definition) is 3. The zero-order chi connectivity index (χ0) is 14.4. The van der Waals surface area contributed by atoms with Crippen LogP contribution in [0, 0.1) is 0 Å². The fourth-order valence-electron chi connectivity index (χ4n) is 2.01. The minimum absolute atomic E-state index is 0. The lowest BCUT2D eigenvalue weighted by Gasteiger charge is -2.11. The Morgan fingerprint density at radius 1 is 1.33 bits per heavy atom. The van der Waals surface area contributed by atoms with Gasteiger partial charge in [-0.2, -0.15) is 0 Å². The van der Waals surface area contributed by atoms with Gasteiger partial charge in [-0.15, -0.1) is 24.0 Å². The highest BCUT2D eigenvalue weighted by atomic mass is 127. The minimum Gasteiger partial charge on any atom is -0.383 e. The van der Waals surface area contributed by atoms with Gasteiger partial charge in [-0.25, -0.2) is 4.98 Å². The van der Waals surface area contributed by atoms with Crippen LogP contribution in [0.25, 0.3) is 11.0 Å². The van der Waals surface area contributed by atoms with Crippen LogP contribution in [0.1, 0.15) is 5.82 Å². The highest BCUT2D eigenvalue weighted by molar-refractivity contribution is 14.0. The molecular weight excluding hydrogens is 381 g/mol. The molecule has 1 heterocycles. The SMILES string of the molecule is CN=C(NCCOC)NCc1nc2ccccc2n1C.I. The predicted octanol–water partition coefficient (Wildman–Crippen LogP) is 1.50. The Labute approximate surface area is 142 Å². The summed E-state index contributed by atoms with van der Waals surface area (Å²) in [7, 11) is 5.45. The zero-order valence-corrected chi connectivity index (χ0v) is 14.9. The van der Waals surface area contributed by atoms with E-state index in [2.05, 4.69) is 31.2 Å². The molecule has 2 N–H and O–H groups in total. The van der Waals surface area contributed by atoms with Gasteiger partial charge in [0.05, 0.1) is 24.2 Å². The Morgan fingerprint density at radius 2 is 2.10 bits per heavy atom. The number of aliphatic imine (C=N–C) groups is 1. The molecule has 116 valence electrons. The number of imidazole rings is 1. The molecule has 0 spiro atoms. The van der Waals surface area contributed by atoms with E-state index in [1.54, 1.807) is 14.2 Å². The van der Waals surface area contributed by atoms with Crippen LogP contribution in [0.4, 0.5) is 0 Å². The lowest BCUT2D eigenvalue weighted by Crippen LogP contribution is -2.38. The molecule has 2 rings (SSSR count). The lowest BCUT2D eigenvalue weighted by atomic mass is 10.3. The predicted molar refractivity (Wildman–Crippen MR) is 96.2 cm³/mol. The molecule has 2 aromatic rings. The van der Waals surface area contributed by atoms with Gasteiger partial charge in [-0.05, 0) is 12.1 Å². The number of nitrogens with one attached hydrogen (secondary N) is 2. The second-order valence-corrected chi connectivity index (χ2v) is 4.42. The number of halogens is 1. The number of ether oxygens (including phenoxy) is 1. The molecule has 0 aliphatic heterocycles. The van der Waals surface area contributed by atoms with Gasteiger partial charge in [0.1, 0.15) is 5.82 Å². The standard InChI is InChI=1S/C14H21N5O.HI/c1-15-14(16-8-9-20-3)17-10-13-18-11-6-4-5-7-12(11)19(13)2;/h4-7H,8-10H2,1-3H3,(H2,15,16,17);1H. The third-order valence-corrected chi connectivity index (χ3v) is 3.12. The molecule has 21 heavy (non-hydrogen) atoms. The van der Waals surface area contributed by atoms with E-state index in [1.807, 2.05) is 25.2 Å². The fourth-order valence-corrected chi connectivity index (χ4v) is 2.01. The molecule has 0 saturated carbocycles. The van der Waals surface area contributed by atoms with Gasteiger partial charge in [0.15, 0.2) is 5.96 Å². The fraction of sp³-hybridized carbons (Fsp3) is 0.429. The Morgan fingerprint density at radius 3 is 2.76 bits per heavy atom. The monoisotopic (exact) mass is 403 g/mol. The van der Waals surface area contributed by atoms with Gasteiger partial charge >= 0.3 is 0 Å². The quantitative estimate of drug-likeness (QED) is 0.344. The van der Waals surface area contributed by atoms with E-state index >= 15 is 0 Å². The summed E-state index contributed by atoms with van der Waals surface area (Å²) in [6, 6.07) is 8.10. The van der Waals surface area contributed by atoms with Gasteiger partial charge in [0.25, 0.3) is 0 Å². The number of aromatic nitrogens is 2. The number of hydrogen-bond donors (Lipinski definition) is 2. The van der Waals surface area contributed by atoms with Crippen molar-refractivity contribution in [3.8, 4) is 0 Å². The van der Waals surface area contributed by atoms with Crippen LogP contribution in [0.2, 0.25) is 0 Å². The molecule has 0 aliphatic carbocycles. The first kappa shape index (κ1) is 17.7. The summed E-state index contributed by atoms with van der Waals surface area (Å²) in [5, 5.41) is 6.42. The topological polar surface area (TPSA) is 63.5 Å². The number of benzene rings is 1. The number of rotatable bonds is 5. The molecule has 0 amide bonds. The maximum Gasteiger partial charge on any atom is 0.191 e. The van der Waals surface area contributed by atoms with E-state index in [9.17, 15) is 0 Å². The van der Waals surface area contributed by atoms with Crippen LogP contribution in [0.3, 0.4) is 0 Å². The average molecular weight is 403 g/mol. The third kappa shape index (κ3) is 4.57. The van der Waals surface area contributed by atoms with E-state index in [0.717, 1.165) is 29.4 Å². The summed E-state index contributed by atoms with van der Waals surface area (Å²) < 4.78 is 7.08. The van der Waals surface area contributed by atoms with E-state index in [4.69, 9.17) is 4.74 Å². The second kappa shape index (κ2) is 8.83. The van der Waals surface area contributed by atoms with Crippen molar-refractivity contribution in [3.63, 3.8) is 0 Å².